The van der Waals surface area contributed by atoms with Crippen molar-refractivity contribution in [2.24, 2.45) is 0 Å². The van der Waals surface area contributed by atoms with E-state index in [9.17, 15) is 9.59 Å². The predicted octanol–water partition coefficient (Wildman–Crippen LogP) is 4.30. The Kier molecular flexibility index (Phi) is 8.00. The molecule has 0 fully saturated rings. The number of esters is 1. The van der Waals surface area contributed by atoms with Crippen molar-refractivity contribution < 1.29 is 14.3 Å². The molecule has 0 aliphatic rings. The van der Waals surface area contributed by atoms with Crippen molar-refractivity contribution >= 4 is 35.1 Å². The summed E-state index contributed by atoms with van der Waals surface area (Å²) >= 11 is 1.30. The van der Waals surface area contributed by atoms with Gasteiger partial charge in [-0.15, -0.1) is 10.2 Å². The van der Waals surface area contributed by atoms with Gasteiger partial charge in [0.1, 0.15) is 10.8 Å². The molecule has 1 aromatic heterocycles. The van der Waals surface area contributed by atoms with Crippen LogP contribution >= 0.6 is 11.8 Å². The second kappa shape index (κ2) is 11.1. The fourth-order valence-electron chi connectivity index (χ4n) is 2.63. The van der Waals surface area contributed by atoms with E-state index in [4.69, 9.17) is 4.74 Å². The molecule has 3 aromatic rings. The maximum Gasteiger partial charge on any atom is 0.338 e. The molecule has 0 aliphatic heterocycles. The fraction of sp³-hybridized carbons (Fsp3) is 0.217. The number of hydrogen-bond acceptors (Lipinski definition) is 7. The molecule has 7 nitrogen and oxygen atoms in total. The first-order valence-electron chi connectivity index (χ1n) is 9.86. The highest BCUT2D eigenvalue weighted by Gasteiger charge is 2.08. The second-order valence-electron chi connectivity index (χ2n) is 6.73. The number of amides is 1. The van der Waals surface area contributed by atoms with Gasteiger partial charge in [0.05, 0.1) is 17.9 Å². The smallest absolute Gasteiger partial charge is 0.338 e. The molecule has 31 heavy (non-hydrogen) atoms. The van der Waals surface area contributed by atoms with Crippen LogP contribution in [-0.2, 0) is 16.1 Å². The van der Waals surface area contributed by atoms with E-state index in [0.717, 1.165) is 5.56 Å². The van der Waals surface area contributed by atoms with Crippen LogP contribution in [0.3, 0.4) is 0 Å². The van der Waals surface area contributed by atoms with Gasteiger partial charge in [-0.3, -0.25) is 4.79 Å². The Labute approximate surface area is 185 Å². The average molecular weight is 437 g/mol. The van der Waals surface area contributed by atoms with E-state index in [-0.39, 0.29) is 17.6 Å². The standard InChI is InChI=1S/C23H24N4O3S/c1-3-30-23(29)18-8-10-19(11-9-18)25-21(28)15-31-22-13-12-20(26-27-22)24-14-17-6-4-16(2)5-7-17/h4-13H,3,14-15H2,1-2H3,(H,24,26)(H,25,28). The van der Waals surface area contributed by atoms with Crippen LogP contribution in [-0.4, -0.2) is 34.4 Å². The van der Waals surface area contributed by atoms with Crippen LogP contribution in [0.4, 0.5) is 11.5 Å². The van der Waals surface area contributed by atoms with Gasteiger partial charge in [0.25, 0.3) is 0 Å². The van der Waals surface area contributed by atoms with Gasteiger partial charge in [-0.25, -0.2) is 4.79 Å². The molecule has 0 aliphatic carbocycles. The first-order chi connectivity index (χ1) is 15.0. The summed E-state index contributed by atoms with van der Waals surface area (Å²) in [4.78, 5) is 23.8. The summed E-state index contributed by atoms with van der Waals surface area (Å²) in [6.45, 7) is 4.80. The monoisotopic (exact) mass is 436 g/mol. The highest BCUT2D eigenvalue weighted by molar-refractivity contribution is 7.99. The normalized spacial score (nSPS) is 10.4. The number of aryl methyl sites for hydroxylation is 1. The van der Waals surface area contributed by atoms with E-state index in [0.29, 0.717) is 35.2 Å². The van der Waals surface area contributed by atoms with Crippen LogP contribution in [0.25, 0.3) is 0 Å². The SMILES string of the molecule is CCOC(=O)c1ccc(NC(=O)CSc2ccc(NCc3ccc(C)cc3)nn2)cc1. The van der Waals surface area contributed by atoms with Gasteiger partial charge in [0.15, 0.2) is 0 Å². The Balaban J connectivity index is 1.43. The minimum absolute atomic E-state index is 0.169. The van der Waals surface area contributed by atoms with Crippen LogP contribution in [0.15, 0.2) is 65.7 Å². The molecule has 0 saturated heterocycles. The number of aromatic nitrogens is 2. The molecule has 2 aromatic carbocycles. The number of nitrogens with one attached hydrogen (secondary N) is 2. The van der Waals surface area contributed by atoms with Gasteiger partial charge in [-0.1, -0.05) is 41.6 Å². The lowest BCUT2D eigenvalue weighted by molar-refractivity contribution is -0.113. The molecule has 1 heterocycles. The zero-order valence-corrected chi connectivity index (χ0v) is 18.2. The molecule has 1 amide bonds. The summed E-state index contributed by atoms with van der Waals surface area (Å²) in [5, 5.41) is 15.0. The van der Waals surface area contributed by atoms with Gasteiger partial charge < -0.3 is 15.4 Å². The summed E-state index contributed by atoms with van der Waals surface area (Å²) in [5.41, 5.74) is 3.45. The Bertz CT molecular complexity index is 1010. The van der Waals surface area contributed by atoms with Crippen LogP contribution in [0.1, 0.15) is 28.4 Å². The third kappa shape index (κ3) is 7.11. The fourth-order valence-corrected chi connectivity index (χ4v) is 3.24. The van der Waals surface area contributed by atoms with E-state index < -0.39 is 0 Å². The number of benzene rings is 2. The highest BCUT2D eigenvalue weighted by Crippen LogP contribution is 2.17. The summed E-state index contributed by atoms with van der Waals surface area (Å²) in [6.07, 6.45) is 0. The first-order valence-corrected chi connectivity index (χ1v) is 10.8. The molecule has 0 spiro atoms. The Morgan fingerprint density at radius 3 is 2.35 bits per heavy atom. The molecular weight excluding hydrogens is 412 g/mol. The van der Waals surface area contributed by atoms with Crippen molar-refractivity contribution in [3.05, 3.63) is 77.4 Å². The Hall–Kier alpha value is -3.39. The molecule has 0 atom stereocenters. The maximum absolute atomic E-state index is 12.2. The number of ether oxygens (including phenoxy) is 1. The molecule has 0 saturated carbocycles. The number of thioether (sulfide) groups is 1. The molecule has 160 valence electrons. The van der Waals surface area contributed by atoms with Crippen molar-refractivity contribution in [2.75, 3.05) is 23.0 Å². The number of hydrogen-bond donors (Lipinski definition) is 2. The molecule has 8 heteroatoms. The Morgan fingerprint density at radius 1 is 0.968 bits per heavy atom. The molecule has 0 bridgehead atoms. The lowest BCUT2D eigenvalue weighted by Gasteiger charge is -2.07. The zero-order chi connectivity index (χ0) is 22.1. The molecule has 3 rings (SSSR count). The van der Waals surface area contributed by atoms with Crippen molar-refractivity contribution in [1.82, 2.24) is 10.2 Å². The first kappa shape index (κ1) is 22.3. The quantitative estimate of drug-likeness (QED) is 0.381. The molecule has 2 N–H and O–H groups in total. The van der Waals surface area contributed by atoms with Crippen LogP contribution in [0.2, 0.25) is 0 Å². The van der Waals surface area contributed by atoms with Crippen LogP contribution in [0, 0.1) is 6.92 Å². The topological polar surface area (TPSA) is 93.2 Å². The number of carbonyl (C=O) groups is 2. The largest absolute Gasteiger partial charge is 0.462 e. The second-order valence-corrected chi connectivity index (χ2v) is 7.73. The number of rotatable bonds is 9. The van der Waals surface area contributed by atoms with E-state index in [2.05, 4.69) is 52.0 Å². The molecular formula is C23H24N4O3S. The number of carbonyl (C=O) groups excluding carboxylic acids is 2. The Morgan fingerprint density at radius 2 is 1.71 bits per heavy atom. The van der Waals surface area contributed by atoms with Crippen molar-refractivity contribution in [2.45, 2.75) is 25.4 Å². The predicted molar refractivity (Wildman–Crippen MR) is 122 cm³/mol. The van der Waals surface area contributed by atoms with E-state index in [1.165, 1.54) is 17.3 Å². The lowest BCUT2D eigenvalue weighted by atomic mass is 10.1. The average Bonchev–Trinajstić information content (AvgIpc) is 2.79. The highest BCUT2D eigenvalue weighted by atomic mass is 32.2. The summed E-state index contributed by atoms with van der Waals surface area (Å²) in [7, 11) is 0. The summed E-state index contributed by atoms with van der Waals surface area (Å²) in [6, 6.07) is 18.5. The van der Waals surface area contributed by atoms with Gasteiger partial charge >= 0.3 is 5.97 Å². The third-order valence-corrected chi connectivity index (χ3v) is 5.19. The number of anilines is 2. The van der Waals surface area contributed by atoms with Crippen molar-refractivity contribution in [3.8, 4) is 0 Å². The van der Waals surface area contributed by atoms with Gasteiger partial charge in [0.2, 0.25) is 5.91 Å². The lowest BCUT2D eigenvalue weighted by Crippen LogP contribution is -2.14. The van der Waals surface area contributed by atoms with Crippen molar-refractivity contribution in [3.63, 3.8) is 0 Å². The van der Waals surface area contributed by atoms with Crippen molar-refractivity contribution in [1.29, 1.82) is 0 Å². The summed E-state index contributed by atoms with van der Waals surface area (Å²) in [5.74, 6) is 0.324. The van der Waals surface area contributed by atoms with E-state index >= 15 is 0 Å². The van der Waals surface area contributed by atoms with Crippen LogP contribution < -0.4 is 10.6 Å². The third-order valence-electron chi connectivity index (χ3n) is 4.27. The minimum Gasteiger partial charge on any atom is -0.462 e. The molecule has 0 radical (unpaired) electrons. The van der Waals surface area contributed by atoms with Crippen LogP contribution in [0.5, 0.6) is 0 Å². The molecule has 0 unspecified atom stereocenters. The van der Waals surface area contributed by atoms with Gasteiger partial charge in [0, 0.05) is 12.2 Å². The maximum atomic E-state index is 12.2. The number of nitrogens with zero attached hydrogens (tertiary/aromatic N) is 2. The minimum atomic E-state index is -0.383. The summed E-state index contributed by atoms with van der Waals surface area (Å²) < 4.78 is 4.94. The zero-order valence-electron chi connectivity index (χ0n) is 17.4. The van der Waals surface area contributed by atoms with Gasteiger partial charge in [-0.2, -0.15) is 0 Å². The van der Waals surface area contributed by atoms with Gasteiger partial charge in [-0.05, 0) is 55.8 Å². The van der Waals surface area contributed by atoms with E-state index in [1.807, 2.05) is 12.1 Å². The van der Waals surface area contributed by atoms with E-state index in [1.54, 1.807) is 31.2 Å².